The Kier molecular flexibility index (Phi) is 5.52. The van der Waals surface area contributed by atoms with Gasteiger partial charge in [-0.1, -0.05) is 6.07 Å². The van der Waals surface area contributed by atoms with Crippen LogP contribution in [-0.4, -0.2) is 46.7 Å². The zero-order chi connectivity index (χ0) is 22.8. The van der Waals surface area contributed by atoms with E-state index in [-0.39, 0.29) is 17.5 Å². The van der Waals surface area contributed by atoms with Gasteiger partial charge < -0.3 is 4.90 Å². The highest BCUT2D eigenvalue weighted by Crippen LogP contribution is 2.33. The lowest BCUT2D eigenvalue weighted by atomic mass is 10.1. The summed E-state index contributed by atoms with van der Waals surface area (Å²) in [5, 5.41) is 4.28. The smallest absolute Gasteiger partial charge is 0.255 e. The summed E-state index contributed by atoms with van der Waals surface area (Å²) in [6.45, 7) is 2.59. The number of carbonyl (C=O) groups is 1. The second-order valence-electron chi connectivity index (χ2n) is 8.11. The number of aromatic nitrogens is 6. The molecule has 0 N–H and O–H groups in total. The molecule has 3 aromatic heterocycles. The highest BCUT2D eigenvalue weighted by molar-refractivity contribution is 5.94. The summed E-state index contributed by atoms with van der Waals surface area (Å²) in [5.74, 6) is 1.41. The van der Waals surface area contributed by atoms with Crippen LogP contribution in [0.3, 0.4) is 0 Å². The number of rotatable bonds is 7. The van der Waals surface area contributed by atoms with Crippen molar-refractivity contribution in [1.29, 1.82) is 0 Å². The van der Waals surface area contributed by atoms with Crippen molar-refractivity contribution in [1.82, 2.24) is 34.2 Å². The van der Waals surface area contributed by atoms with Crippen molar-refractivity contribution in [3.05, 3.63) is 95.2 Å². The van der Waals surface area contributed by atoms with Crippen LogP contribution in [0.5, 0.6) is 0 Å². The van der Waals surface area contributed by atoms with Crippen molar-refractivity contribution < 1.29 is 4.79 Å². The fourth-order valence-corrected chi connectivity index (χ4v) is 3.80. The predicted molar refractivity (Wildman–Crippen MR) is 121 cm³/mol. The van der Waals surface area contributed by atoms with Crippen molar-refractivity contribution in [3.63, 3.8) is 0 Å². The maximum atomic E-state index is 13.6. The molecular weight excluding hydrogens is 418 g/mol. The first kappa shape index (κ1) is 20.7. The first-order chi connectivity index (χ1) is 16.1. The minimum Gasteiger partial charge on any atom is -0.328 e. The molecule has 166 valence electrons. The fraction of sp³-hybridized carbons (Fsp3) is 0.250. The Bertz CT molecular complexity index is 1310. The summed E-state index contributed by atoms with van der Waals surface area (Å²) in [7, 11) is 0. The first-order valence-corrected chi connectivity index (χ1v) is 10.9. The van der Waals surface area contributed by atoms with Crippen LogP contribution in [0.15, 0.2) is 78.2 Å². The molecule has 1 aliphatic carbocycles. The quantitative estimate of drug-likeness (QED) is 0.437. The average molecular weight is 441 g/mol. The van der Waals surface area contributed by atoms with Crippen LogP contribution in [0.1, 0.15) is 42.0 Å². The standard InChI is InChI=1S/C24H23N7O2/c1-17(22-27-16-28-31(22)24-25-12-4-13-26-24)30(15-18-6-7-18)23(33)19-8-10-20(11-9-19)29-14-3-2-5-21(29)32/h2-5,8-14,16-18H,6-7,15H2,1H3. The molecule has 3 heterocycles. The van der Waals surface area contributed by atoms with Crippen molar-refractivity contribution in [2.75, 3.05) is 6.54 Å². The zero-order valence-corrected chi connectivity index (χ0v) is 18.2. The topological polar surface area (TPSA) is 98.8 Å². The Morgan fingerprint density at radius 3 is 2.52 bits per heavy atom. The van der Waals surface area contributed by atoms with E-state index in [1.54, 1.807) is 70.3 Å². The van der Waals surface area contributed by atoms with Gasteiger partial charge in [-0.05, 0) is 62.1 Å². The second kappa shape index (κ2) is 8.78. The van der Waals surface area contributed by atoms with Gasteiger partial charge in [-0.15, -0.1) is 0 Å². The van der Waals surface area contributed by atoms with Gasteiger partial charge in [0.2, 0.25) is 0 Å². The van der Waals surface area contributed by atoms with E-state index >= 15 is 0 Å². The molecule has 1 fully saturated rings. The van der Waals surface area contributed by atoms with Crippen molar-refractivity contribution in [2.24, 2.45) is 5.92 Å². The van der Waals surface area contributed by atoms with E-state index in [0.29, 0.717) is 35.5 Å². The SMILES string of the molecule is CC(c1ncnn1-c1ncccn1)N(CC1CC1)C(=O)c1ccc(-n2ccccc2=O)cc1. The summed E-state index contributed by atoms with van der Waals surface area (Å²) in [4.78, 5) is 40.5. The van der Waals surface area contributed by atoms with Crippen molar-refractivity contribution in [2.45, 2.75) is 25.8 Å². The molecule has 0 bridgehead atoms. The van der Waals surface area contributed by atoms with Gasteiger partial charge in [0.25, 0.3) is 17.4 Å². The van der Waals surface area contributed by atoms with Gasteiger partial charge in [0.05, 0.1) is 6.04 Å². The fourth-order valence-electron chi connectivity index (χ4n) is 3.80. The molecule has 1 saturated carbocycles. The van der Waals surface area contributed by atoms with Gasteiger partial charge in [-0.2, -0.15) is 9.78 Å². The van der Waals surface area contributed by atoms with Crippen LogP contribution in [0.2, 0.25) is 0 Å². The van der Waals surface area contributed by atoms with Crippen LogP contribution >= 0.6 is 0 Å². The summed E-state index contributed by atoms with van der Waals surface area (Å²) in [5.41, 5.74) is 1.14. The highest BCUT2D eigenvalue weighted by Gasteiger charge is 2.33. The summed E-state index contributed by atoms with van der Waals surface area (Å²) >= 11 is 0. The van der Waals surface area contributed by atoms with Crippen LogP contribution in [0.25, 0.3) is 11.6 Å². The Labute approximate surface area is 190 Å². The van der Waals surface area contributed by atoms with Gasteiger partial charge in [-0.25, -0.2) is 15.0 Å². The van der Waals surface area contributed by atoms with Gasteiger partial charge in [0.1, 0.15) is 6.33 Å². The maximum Gasteiger partial charge on any atom is 0.255 e. The van der Waals surface area contributed by atoms with Gasteiger partial charge >= 0.3 is 0 Å². The Morgan fingerprint density at radius 1 is 1.06 bits per heavy atom. The van der Waals surface area contributed by atoms with E-state index in [1.807, 2.05) is 11.8 Å². The normalized spacial score (nSPS) is 14.1. The minimum absolute atomic E-state index is 0.0927. The maximum absolute atomic E-state index is 13.6. The summed E-state index contributed by atoms with van der Waals surface area (Å²) in [6.07, 6.45) is 8.67. The number of hydrogen-bond donors (Lipinski definition) is 0. The lowest BCUT2D eigenvalue weighted by Crippen LogP contribution is -2.36. The van der Waals surface area contributed by atoms with E-state index in [2.05, 4.69) is 20.1 Å². The molecular formula is C24H23N7O2. The van der Waals surface area contributed by atoms with Crippen LogP contribution in [-0.2, 0) is 0 Å². The molecule has 5 rings (SSSR count). The monoisotopic (exact) mass is 441 g/mol. The molecule has 4 aromatic rings. The second-order valence-corrected chi connectivity index (χ2v) is 8.11. The molecule has 0 aliphatic heterocycles. The third kappa shape index (κ3) is 4.30. The van der Waals surface area contributed by atoms with E-state index < -0.39 is 0 Å². The van der Waals surface area contributed by atoms with Gasteiger partial charge in [0.15, 0.2) is 5.82 Å². The van der Waals surface area contributed by atoms with Gasteiger partial charge in [-0.3, -0.25) is 14.2 Å². The lowest BCUT2D eigenvalue weighted by Gasteiger charge is -2.29. The largest absolute Gasteiger partial charge is 0.328 e. The number of hydrogen-bond acceptors (Lipinski definition) is 6. The molecule has 1 amide bonds. The number of pyridine rings is 1. The molecule has 1 atom stereocenters. The van der Waals surface area contributed by atoms with E-state index in [0.717, 1.165) is 12.8 Å². The number of benzene rings is 1. The number of nitrogens with zero attached hydrogens (tertiary/aromatic N) is 7. The molecule has 33 heavy (non-hydrogen) atoms. The van der Waals surface area contributed by atoms with Crippen molar-refractivity contribution in [3.8, 4) is 11.6 Å². The van der Waals surface area contributed by atoms with Gasteiger partial charge in [0, 0.05) is 42.5 Å². The Hall–Kier alpha value is -4.14. The van der Waals surface area contributed by atoms with E-state index in [9.17, 15) is 9.59 Å². The number of carbonyl (C=O) groups excluding carboxylic acids is 1. The molecule has 1 unspecified atom stereocenters. The van der Waals surface area contributed by atoms with Crippen molar-refractivity contribution >= 4 is 5.91 Å². The molecule has 1 aliphatic rings. The number of amides is 1. The third-order valence-corrected chi connectivity index (χ3v) is 5.78. The zero-order valence-electron chi connectivity index (χ0n) is 18.2. The summed E-state index contributed by atoms with van der Waals surface area (Å²) < 4.78 is 3.12. The first-order valence-electron chi connectivity index (χ1n) is 10.9. The molecule has 9 nitrogen and oxygen atoms in total. The third-order valence-electron chi connectivity index (χ3n) is 5.78. The Balaban J connectivity index is 1.44. The van der Waals surface area contributed by atoms with Crippen LogP contribution < -0.4 is 5.56 Å². The summed E-state index contributed by atoms with van der Waals surface area (Å²) in [6, 6.07) is 13.5. The highest BCUT2D eigenvalue weighted by atomic mass is 16.2. The molecule has 9 heteroatoms. The minimum atomic E-state index is -0.333. The molecule has 0 spiro atoms. The van der Waals surface area contributed by atoms with Crippen LogP contribution in [0, 0.1) is 5.92 Å². The molecule has 1 aromatic carbocycles. The predicted octanol–water partition coefficient (Wildman–Crippen LogP) is 2.82. The Morgan fingerprint density at radius 2 is 1.82 bits per heavy atom. The lowest BCUT2D eigenvalue weighted by molar-refractivity contribution is 0.0670. The van der Waals surface area contributed by atoms with Crippen LogP contribution in [0.4, 0.5) is 0 Å². The van der Waals surface area contributed by atoms with E-state index in [1.165, 1.54) is 12.4 Å². The molecule has 0 radical (unpaired) electrons. The average Bonchev–Trinajstić information content (AvgIpc) is 3.55. The van der Waals surface area contributed by atoms with E-state index in [4.69, 9.17) is 0 Å². The molecule has 0 saturated heterocycles.